The van der Waals surface area contributed by atoms with Crippen LogP contribution in [0.3, 0.4) is 0 Å². The minimum atomic E-state index is -0.711. The van der Waals surface area contributed by atoms with E-state index in [1.165, 1.54) is 0 Å². The van der Waals surface area contributed by atoms with Crippen LogP contribution in [0.5, 0.6) is 0 Å². The van der Waals surface area contributed by atoms with Crippen LogP contribution in [0, 0.1) is 0 Å². The van der Waals surface area contributed by atoms with Crippen molar-refractivity contribution in [3.8, 4) is 0 Å². The Bertz CT molecular complexity index is 299. The van der Waals surface area contributed by atoms with Gasteiger partial charge >= 0.3 is 5.97 Å². The fourth-order valence-corrected chi connectivity index (χ4v) is 1.06. The van der Waals surface area contributed by atoms with Crippen molar-refractivity contribution < 1.29 is 15.0 Å². The molecule has 3 heteroatoms. The summed E-state index contributed by atoms with van der Waals surface area (Å²) in [6.07, 6.45) is 1.02. The van der Waals surface area contributed by atoms with Crippen LogP contribution in [-0.2, 0) is 10.4 Å². The second-order valence-corrected chi connectivity index (χ2v) is 4.07. The molecular weight excluding hydrogens is 204 g/mol. The predicted molar refractivity (Wildman–Crippen MR) is 64.2 cm³/mol. The van der Waals surface area contributed by atoms with Gasteiger partial charge in [0, 0.05) is 6.42 Å². The molecule has 0 spiro atoms. The van der Waals surface area contributed by atoms with Gasteiger partial charge in [-0.2, -0.15) is 0 Å². The van der Waals surface area contributed by atoms with Crippen LogP contribution in [-0.4, -0.2) is 16.2 Å². The van der Waals surface area contributed by atoms with Crippen molar-refractivity contribution in [3.05, 3.63) is 35.9 Å². The first kappa shape index (κ1) is 14.6. The van der Waals surface area contributed by atoms with Crippen molar-refractivity contribution in [2.75, 3.05) is 0 Å². The Morgan fingerprint density at radius 1 is 1.25 bits per heavy atom. The Balaban J connectivity index is 0.000000325. The maximum absolute atomic E-state index is 9.60. The third-order valence-electron chi connectivity index (χ3n) is 1.94. The number of hydrogen-bond acceptors (Lipinski definition) is 2. The molecule has 0 unspecified atom stereocenters. The molecule has 0 atom stereocenters. The van der Waals surface area contributed by atoms with Gasteiger partial charge in [0.05, 0.1) is 5.60 Å². The third-order valence-corrected chi connectivity index (χ3v) is 1.94. The smallest absolute Gasteiger partial charge is 0.303 e. The fourth-order valence-electron chi connectivity index (χ4n) is 1.06. The van der Waals surface area contributed by atoms with Crippen LogP contribution in [0.1, 0.15) is 39.2 Å². The van der Waals surface area contributed by atoms with E-state index in [4.69, 9.17) is 5.11 Å². The first-order valence-electron chi connectivity index (χ1n) is 5.37. The lowest BCUT2D eigenvalue weighted by atomic mass is 9.99. The van der Waals surface area contributed by atoms with Gasteiger partial charge in [0.1, 0.15) is 0 Å². The highest BCUT2D eigenvalue weighted by Crippen LogP contribution is 2.17. The lowest BCUT2D eigenvalue weighted by Crippen LogP contribution is -2.14. The minimum absolute atomic E-state index is 0.292. The SMILES string of the molecule is CC(C)(O)c1ccccc1.CCCC(=O)O. The molecule has 1 aromatic rings. The molecule has 0 amide bonds. The van der Waals surface area contributed by atoms with Gasteiger partial charge in [0.2, 0.25) is 0 Å². The molecule has 0 aliphatic rings. The summed E-state index contributed by atoms with van der Waals surface area (Å²) in [4.78, 5) is 9.60. The first-order valence-corrected chi connectivity index (χ1v) is 5.37. The second-order valence-electron chi connectivity index (χ2n) is 4.07. The van der Waals surface area contributed by atoms with Gasteiger partial charge in [-0.15, -0.1) is 0 Å². The molecule has 0 bridgehead atoms. The third kappa shape index (κ3) is 7.01. The fraction of sp³-hybridized carbons (Fsp3) is 0.462. The maximum atomic E-state index is 9.60. The quantitative estimate of drug-likeness (QED) is 0.830. The van der Waals surface area contributed by atoms with Gasteiger partial charge < -0.3 is 10.2 Å². The molecular formula is C13H20O3. The van der Waals surface area contributed by atoms with Crippen molar-refractivity contribution in [2.45, 2.75) is 39.2 Å². The molecule has 0 aliphatic carbocycles. The first-order chi connectivity index (χ1) is 7.38. The standard InChI is InChI=1S/C9H12O.C4H8O2/c1-9(2,10)8-6-4-3-5-7-8;1-2-3-4(5)6/h3-7,10H,1-2H3;2-3H2,1H3,(H,5,6). The van der Waals surface area contributed by atoms with Crippen LogP contribution in [0.25, 0.3) is 0 Å². The monoisotopic (exact) mass is 224 g/mol. The van der Waals surface area contributed by atoms with E-state index < -0.39 is 11.6 Å². The number of aliphatic hydroxyl groups is 1. The molecule has 3 nitrogen and oxygen atoms in total. The van der Waals surface area contributed by atoms with Crippen molar-refractivity contribution in [3.63, 3.8) is 0 Å². The van der Waals surface area contributed by atoms with E-state index in [1.807, 2.05) is 37.3 Å². The normalized spacial score (nSPS) is 10.2. The van der Waals surface area contributed by atoms with Gasteiger partial charge in [-0.25, -0.2) is 0 Å². The molecule has 0 saturated carbocycles. The summed E-state index contributed by atoms with van der Waals surface area (Å²) in [6.45, 7) is 5.40. The number of rotatable bonds is 3. The molecule has 0 radical (unpaired) electrons. The number of aliphatic carboxylic acids is 1. The van der Waals surface area contributed by atoms with E-state index in [9.17, 15) is 9.90 Å². The summed E-state index contributed by atoms with van der Waals surface area (Å²) in [7, 11) is 0. The van der Waals surface area contributed by atoms with Gasteiger partial charge in [0.25, 0.3) is 0 Å². The van der Waals surface area contributed by atoms with Crippen LogP contribution in [0.15, 0.2) is 30.3 Å². The number of carboxylic acids is 1. The summed E-state index contributed by atoms with van der Waals surface area (Å²) < 4.78 is 0. The largest absolute Gasteiger partial charge is 0.481 e. The topological polar surface area (TPSA) is 57.5 Å². The second kappa shape index (κ2) is 7.01. The zero-order valence-corrected chi connectivity index (χ0v) is 10.1. The zero-order valence-electron chi connectivity index (χ0n) is 10.1. The number of carbonyl (C=O) groups is 1. The average molecular weight is 224 g/mol. The molecule has 0 aromatic heterocycles. The maximum Gasteiger partial charge on any atom is 0.303 e. The predicted octanol–water partition coefficient (Wildman–Crippen LogP) is 2.79. The highest BCUT2D eigenvalue weighted by Gasteiger charge is 2.13. The Hall–Kier alpha value is -1.35. The molecule has 1 rings (SSSR count). The Kier molecular flexibility index (Phi) is 6.42. The van der Waals surface area contributed by atoms with Crippen molar-refractivity contribution >= 4 is 5.97 Å². The van der Waals surface area contributed by atoms with Crippen LogP contribution < -0.4 is 0 Å². The Morgan fingerprint density at radius 2 is 1.75 bits per heavy atom. The summed E-state index contributed by atoms with van der Waals surface area (Å²) in [5, 5.41) is 17.4. The van der Waals surface area contributed by atoms with E-state index in [-0.39, 0.29) is 0 Å². The van der Waals surface area contributed by atoms with E-state index in [0.717, 1.165) is 12.0 Å². The van der Waals surface area contributed by atoms with Gasteiger partial charge in [-0.05, 0) is 25.8 Å². The number of benzene rings is 1. The summed E-state index contributed by atoms with van der Waals surface area (Å²) in [5.74, 6) is -0.711. The molecule has 0 heterocycles. The van der Waals surface area contributed by atoms with E-state index in [0.29, 0.717) is 6.42 Å². The minimum Gasteiger partial charge on any atom is -0.481 e. The van der Waals surface area contributed by atoms with Gasteiger partial charge in [-0.1, -0.05) is 37.3 Å². The van der Waals surface area contributed by atoms with Crippen molar-refractivity contribution in [1.82, 2.24) is 0 Å². The summed E-state index contributed by atoms with van der Waals surface area (Å²) in [5.41, 5.74) is 0.247. The Morgan fingerprint density at radius 3 is 1.94 bits per heavy atom. The molecule has 2 N–H and O–H groups in total. The molecule has 0 aliphatic heterocycles. The molecule has 1 aromatic carbocycles. The molecule has 16 heavy (non-hydrogen) atoms. The summed E-state index contributed by atoms with van der Waals surface area (Å²) >= 11 is 0. The Labute approximate surface area is 96.7 Å². The van der Waals surface area contributed by atoms with Crippen molar-refractivity contribution in [1.29, 1.82) is 0 Å². The van der Waals surface area contributed by atoms with Crippen LogP contribution >= 0.6 is 0 Å². The lowest BCUT2D eigenvalue weighted by molar-refractivity contribution is -0.137. The van der Waals surface area contributed by atoms with E-state index >= 15 is 0 Å². The van der Waals surface area contributed by atoms with E-state index in [2.05, 4.69) is 0 Å². The van der Waals surface area contributed by atoms with Gasteiger partial charge in [-0.3, -0.25) is 4.79 Å². The van der Waals surface area contributed by atoms with Crippen LogP contribution in [0.4, 0.5) is 0 Å². The highest BCUT2D eigenvalue weighted by molar-refractivity contribution is 5.66. The number of carboxylic acid groups (broad SMARTS) is 1. The highest BCUT2D eigenvalue weighted by atomic mass is 16.4. The zero-order chi connectivity index (χ0) is 12.6. The van der Waals surface area contributed by atoms with Gasteiger partial charge in [0.15, 0.2) is 0 Å². The lowest BCUT2D eigenvalue weighted by Gasteiger charge is -2.16. The molecule has 0 fully saturated rings. The van der Waals surface area contributed by atoms with Crippen LogP contribution in [0.2, 0.25) is 0 Å². The summed E-state index contributed by atoms with van der Waals surface area (Å²) in [6, 6.07) is 9.62. The van der Waals surface area contributed by atoms with E-state index in [1.54, 1.807) is 13.8 Å². The number of hydrogen-bond donors (Lipinski definition) is 2. The average Bonchev–Trinajstić information content (AvgIpc) is 2.18. The molecule has 90 valence electrons. The van der Waals surface area contributed by atoms with Crippen molar-refractivity contribution in [2.24, 2.45) is 0 Å². The molecule has 0 saturated heterocycles.